The molecular weight excluding hydrogens is 340 g/mol. The van der Waals surface area contributed by atoms with Gasteiger partial charge < -0.3 is 20.3 Å². The molecule has 3 fully saturated rings. The summed E-state index contributed by atoms with van der Waals surface area (Å²) in [6.07, 6.45) is 7.33. The average molecular weight is 368 g/mol. The minimum absolute atomic E-state index is 0.145. The van der Waals surface area contributed by atoms with E-state index < -0.39 is 5.54 Å². The van der Waals surface area contributed by atoms with Gasteiger partial charge in [0.2, 0.25) is 5.91 Å². The fourth-order valence-corrected chi connectivity index (χ4v) is 5.00. The lowest BCUT2D eigenvalue weighted by Crippen LogP contribution is -2.55. The number of carbonyl (C=O) groups excluding carboxylic acids is 1. The predicted octanol–water partition coefficient (Wildman–Crippen LogP) is 2.63. The largest absolute Gasteiger partial charge is 0.497 e. The van der Waals surface area contributed by atoms with Gasteiger partial charge in [-0.25, -0.2) is 0 Å². The van der Waals surface area contributed by atoms with Crippen LogP contribution in [-0.4, -0.2) is 46.8 Å². The summed E-state index contributed by atoms with van der Waals surface area (Å²) in [5.74, 6) is 1.42. The van der Waals surface area contributed by atoms with E-state index in [1.807, 2.05) is 29.2 Å². The van der Waals surface area contributed by atoms with Crippen LogP contribution in [0.5, 0.6) is 5.75 Å². The van der Waals surface area contributed by atoms with E-state index in [-0.39, 0.29) is 5.91 Å². The van der Waals surface area contributed by atoms with Crippen LogP contribution in [0.15, 0.2) is 36.0 Å². The summed E-state index contributed by atoms with van der Waals surface area (Å²) in [4.78, 5) is 17.6. The number of carbonyl (C=O) groups is 1. The Balaban J connectivity index is 1.58. The number of likely N-dealkylation sites (tertiary alicyclic amines) is 2. The maximum Gasteiger partial charge on any atom is 0.249 e. The van der Waals surface area contributed by atoms with Crippen LogP contribution in [0.1, 0.15) is 44.1 Å². The highest BCUT2D eigenvalue weighted by Gasteiger charge is 2.58. The monoisotopic (exact) mass is 368 g/mol. The van der Waals surface area contributed by atoms with Gasteiger partial charge in [-0.3, -0.25) is 10.2 Å². The molecule has 6 heteroatoms. The van der Waals surface area contributed by atoms with Crippen LogP contribution in [0.3, 0.4) is 0 Å². The third-order valence-electron chi connectivity index (χ3n) is 6.39. The zero-order chi connectivity index (χ0) is 19.0. The zero-order valence-electron chi connectivity index (χ0n) is 15.9. The van der Waals surface area contributed by atoms with Crippen molar-refractivity contribution in [2.75, 3.05) is 13.7 Å². The highest BCUT2D eigenvalue weighted by Crippen LogP contribution is 2.46. The molecule has 144 valence electrons. The minimum atomic E-state index is -0.607. The standard InChI is InChI=1S/C21H28N4O2/c1-27-18-8-6-15(7-9-18)14-24-11-10-21(20(24)26)12-16(13-22)19(23)25(21)17-4-2-3-5-17/h6-9,13,17,23H,2-5,10-12,14,22H2,1H3/b16-13-,23-19?. The molecule has 2 heterocycles. The smallest absolute Gasteiger partial charge is 0.249 e. The summed E-state index contributed by atoms with van der Waals surface area (Å²) in [7, 11) is 1.65. The molecular formula is C21H28N4O2. The molecule has 1 aromatic carbocycles. The number of methoxy groups -OCH3 is 1. The van der Waals surface area contributed by atoms with Crippen LogP contribution >= 0.6 is 0 Å². The summed E-state index contributed by atoms with van der Waals surface area (Å²) in [5.41, 5.74) is 7.09. The van der Waals surface area contributed by atoms with Crippen molar-refractivity contribution in [3.63, 3.8) is 0 Å². The van der Waals surface area contributed by atoms with Crippen LogP contribution in [-0.2, 0) is 11.3 Å². The molecule has 0 radical (unpaired) electrons. The van der Waals surface area contributed by atoms with Gasteiger partial charge >= 0.3 is 0 Å². The molecule has 1 atom stereocenters. The van der Waals surface area contributed by atoms with E-state index in [0.717, 1.165) is 42.7 Å². The normalized spacial score (nSPS) is 27.5. The molecule has 1 spiro atoms. The van der Waals surface area contributed by atoms with E-state index in [9.17, 15) is 4.79 Å². The van der Waals surface area contributed by atoms with Crippen LogP contribution in [0.2, 0.25) is 0 Å². The number of nitrogens with zero attached hydrogens (tertiary/aromatic N) is 2. The van der Waals surface area contributed by atoms with Crippen molar-refractivity contribution in [3.8, 4) is 5.75 Å². The van der Waals surface area contributed by atoms with Gasteiger partial charge in [-0.1, -0.05) is 25.0 Å². The first-order valence-corrected chi connectivity index (χ1v) is 9.80. The van der Waals surface area contributed by atoms with Crippen molar-refractivity contribution in [1.29, 1.82) is 5.41 Å². The van der Waals surface area contributed by atoms with Crippen molar-refractivity contribution < 1.29 is 9.53 Å². The van der Waals surface area contributed by atoms with Gasteiger partial charge in [0.1, 0.15) is 17.1 Å². The number of amidine groups is 1. The second kappa shape index (κ2) is 6.91. The molecule has 1 saturated carbocycles. The number of ether oxygens (including phenoxy) is 1. The average Bonchev–Trinajstić information content (AvgIpc) is 3.38. The molecule has 2 aliphatic heterocycles. The van der Waals surface area contributed by atoms with E-state index in [2.05, 4.69) is 4.90 Å². The van der Waals surface area contributed by atoms with E-state index in [1.165, 1.54) is 19.0 Å². The van der Waals surface area contributed by atoms with Crippen LogP contribution < -0.4 is 10.5 Å². The highest BCUT2D eigenvalue weighted by molar-refractivity contribution is 6.06. The third-order valence-corrected chi connectivity index (χ3v) is 6.39. The second-order valence-electron chi connectivity index (χ2n) is 7.88. The lowest BCUT2D eigenvalue weighted by atomic mass is 9.91. The summed E-state index contributed by atoms with van der Waals surface area (Å²) < 4.78 is 5.21. The fourth-order valence-electron chi connectivity index (χ4n) is 5.00. The molecule has 2 saturated heterocycles. The fraction of sp³-hybridized carbons (Fsp3) is 0.524. The van der Waals surface area contributed by atoms with E-state index >= 15 is 0 Å². The molecule has 27 heavy (non-hydrogen) atoms. The number of amides is 1. The number of benzene rings is 1. The van der Waals surface area contributed by atoms with Gasteiger partial charge in [-0.05, 0) is 37.0 Å². The molecule has 1 amide bonds. The van der Waals surface area contributed by atoms with Crippen LogP contribution in [0, 0.1) is 5.41 Å². The van der Waals surface area contributed by atoms with Crippen LogP contribution in [0.4, 0.5) is 0 Å². The third kappa shape index (κ3) is 2.87. The Hall–Kier alpha value is -2.50. The van der Waals surface area contributed by atoms with E-state index in [0.29, 0.717) is 24.8 Å². The van der Waals surface area contributed by atoms with Crippen molar-refractivity contribution in [3.05, 3.63) is 41.6 Å². The Morgan fingerprint density at radius 3 is 2.63 bits per heavy atom. The Morgan fingerprint density at radius 1 is 1.30 bits per heavy atom. The number of hydrogen-bond donors (Lipinski definition) is 2. The van der Waals surface area contributed by atoms with Crippen molar-refractivity contribution in [2.45, 2.75) is 56.7 Å². The lowest BCUT2D eigenvalue weighted by molar-refractivity contribution is -0.136. The maximum atomic E-state index is 13.5. The Morgan fingerprint density at radius 2 is 2.00 bits per heavy atom. The summed E-state index contributed by atoms with van der Waals surface area (Å²) >= 11 is 0. The van der Waals surface area contributed by atoms with Gasteiger partial charge in [0.05, 0.1) is 7.11 Å². The van der Waals surface area contributed by atoms with Crippen molar-refractivity contribution in [1.82, 2.24) is 9.80 Å². The van der Waals surface area contributed by atoms with E-state index in [1.54, 1.807) is 7.11 Å². The molecule has 1 aliphatic carbocycles. The number of hydrogen-bond acceptors (Lipinski definition) is 4. The Bertz CT molecular complexity index is 767. The first-order chi connectivity index (χ1) is 13.1. The molecule has 1 aromatic rings. The van der Waals surface area contributed by atoms with Crippen molar-refractivity contribution >= 4 is 11.7 Å². The van der Waals surface area contributed by atoms with Gasteiger partial charge in [0, 0.05) is 37.3 Å². The highest BCUT2D eigenvalue weighted by atomic mass is 16.5. The first-order valence-electron chi connectivity index (χ1n) is 9.80. The molecule has 0 aromatic heterocycles. The molecule has 3 aliphatic rings. The Kier molecular flexibility index (Phi) is 4.58. The quantitative estimate of drug-likeness (QED) is 0.856. The topological polar surface area (TPSA) is 82.7 Å². The minimum Gasteiger partial charge on any atom is -0.497 e. The SMILES string of the molecule is COc1ccc(CN2CCC3(C/C(=C/N)C(=N)N3C3CCCC3)C2=O)cc1. The van der Waals surface area contributed by atoms with E-state index in [4.69, 9.17) is 15.9 Å². The predicted molar refractivity (Wildman–Crippen MR) is 104 cm³/mol. The first kappa shape index (κ1) is 17.9. The summed E-state index contributed by atoms with van der Waals surface area (Å²) in [5, 5.41) is 8.63. The maximum absolute atomic E-state index is 13.5. The van der Waals surface area contributed by atoms with Gasteiger partial charge in [0.25, 0.3) is 0 Å². The van der Waals surface area contributed by atoms with Gasteiger partial charge in [-0.15, -0.1) is 0 Å². The number of nitrogens with two attached hydrogens (primary N) is 1. The molecule has 3 N–H and O–H groups in total. The van der Waals surface area contributed by atoms with Gasteiger partial charge in [-0.2, -0.15) is 0 Å². The van der Waals surface area contributed by atoms with Gasteiger partial charge in [0.15, 0.2) is 0 Å². The number of rotatable bonds is 4. The lowest BCUT2D eigenvalue weighted by Gasteiger charge is -2.38. The zero-order valence-corrected chi connectivity index (χ0v) is 15.9. The summed E-state index contributed by atoms with van der Waals surface area (Å²) in [6, 6.07) is 8.16. The second-order valence-corrected chi connectivity index (χ2v) is 7.88. The molecule has 6 nitrogen and oxygen atoms in total. The number of nitrogens with one attached hydrogen (secondary N) is 1. The Labute approximate surface area is 160 Å². The summed E-state index contributed by atoms with van der Waals surface area (Å²) in [6.45, 7) is 1.32. The molecule has 0 bridgehead atoms. The molecule has 1 unspecified atom stereocenters. The molecule has 4 rings (SSSR count). The van der Waals surface area contributed by atoms with Crippen molar-refractivity contribution in [2.24, 2.45) is 5.73 Å². The van der Waals surface area contributed by atoms with Crippen LogP contribution in [0.25, 0.3) is 0 Å².